The summed E-state index contributed by atoms with van der Waals surface area (Å²) in [5.41, 5.74) is 1.49. The summed E-state index contributed by atoms with van der Waals surface area (Å²) >= 11 is 0. The zero-order valence-electron chi connectivity index (χ0n) is 17.8. The second-order valence-corrected chi connectivity index (χ2v) is 8.26. The second kappa shape index (κ2) is 12.9. The fraction of sp³-hybridized carbons (Fsp3) is 0.455. The standard InChI is InChI=1S/C20H26N2O4S.C2H6/c1-3-4-5-9-14-27(24,25)22(19-10-7-6-8-11-19)16-18-13-12-17(15-21-18)20(23)26-2;1-2/h6-8,10-13,15H,3-5,9,14,16H2,1-2H3;1-2H3. The van der Waals surface area contributed by atoms with Gasteiger partial charge in [-0.3, -0.25) is 9.29 Å². The molecule has 0 aliphatic heterocycles. The second-order valence-electron chi connectivity index (χ2n) is 6.25. The smallest absolute Gasteiger partial charge is 0.339 e. The van der Waals surface area contributed by atoms with Crippen molar-refractivity contribution in [2.45, 2.75) is 53.0 Å². The Kier molecular flexibility index (Phi) is 11.0. The SMILES string of the molecule is CC.CCCCCCS(=O)(=O)N(Cc1ccc(C(=O)OC)cn1)c1ccccc1. The minimum atomic E-state index is -3.48. The molecule has 1 heterocycles. The molecular weight excluding hydrogens is 388 g/mol. The van der Waals surface area contributed by atoms with Gasteiger partial charge < -0.3 is 4.74 Å². The van der Waals surface area contributed by atoms with Crippen molar-refractivity contribution in [1.29, 1.82) is 0 Å². The topological polar surface area (TPSA) is 76.6 Å². The summed E-state index contributed by atoms with van der Waals surface area (Å²) in [6.07, 6.45) is 5.01. The van der Waals surface area contributed by atoms with E-state index < -0.39 is 16.0 Å². The minimum absolute atomic E-state index is 0.0993. The monoisotopic (exact) mass is 420 g/mol. The van der Waals surface area contributed by atoms with Crippen LogP contribution in [-0.2, 0) is 21.3 Å². The first-order valence-corrected chi connectivity index (χ1v) is 11.7. The van der Waals surface area contributed by atoms with E-state index in [1.807, 2.05) is 32.0 Å². The third-order valence-corrected chi connectivity index (χ3v) is 6.00. The predicted molar refractivity (Wildman–Crippen MR) is 117 cm³/mol. The number of pyridine rings is 1. The van der Waals surface area contributed by atoms with E-state index in [1.54, 1.807) is 24.3 Å². The molecule has 0 aliphatic rings. The zero-order chi connectivity index (χ0) is 21.7. The van der Waals surface area contributed by atoms with Crippen molar-refractivity contribution < 1.29 is 17.9 Å². The number of unbranched alkanes of at least 4 members (excludes halogenated alkanes) is 3. The molecule has 0 bridgehead atoms. The first-order valence-electron chi connectivity index (χ1n) is 10.1. The van der Waals surface area contributed by atoms with Crippen LogP contribution in [-0.4, -0.2) is 32.2 Å². The minimum Gasteiger partial charge on any atom is -0.465 e. The Labute approximate surface area is 175 Å². The number of benzene rings is 1. The number of anilines is 1. The summed E-state index contributed by atoms with van der Waals surface area (Å²) in [5.74, 6) is -0.375. The number of hydrogen-bond acceptors (Lipinski definition) is 5. The lowest BCUT2D eigenvalue weighted by Crippen LogP contribution is -2.33. The lowest BCUT2D eigenvalue weighted by Gasteiger charge is -2.24. The largest absolute Gasteiger partial charge is 0.465 e. The van der Waals surface area contributed by atoms with E-state index in [2.05, 4.69) is 16.6 Å². The van der Waals surface area contributed by atoms with Crippen molar-refractivity contribution >= 4 is 21.7 Å². The molecule has 0 saturated carbocycles. The summed E-state index contributed by atoms with van der Waals surface area (Å²) in [6, 6.07) is 12.2. The molecule has 2 rings (SSSR count). The number of aromatic nitrogens is 1. The van der Waals surface area contributed by atoms with Crippen LogP contribution in [0.5, 0.6) is 0 Å². The van der Waals surface area contributed by atoms with E-state index in [9.17, 15) is 13.2 Å². The third kappa shape index (κ3) is 7.85. The number of esters is 1. The van der Waals surface area contributed by atoms with Gasteiger partial charge in [0.2, 0.25) is 10.0 Å². The Morgan fingerprint density at radius 1 is 1.03 bits per heavy atom. The fourth-order valence-electron chi connectivity index (χ4n) is 2.67. The van der Waals surface area contributed by atoms with Crippen LogP contribution >= 0.6 is 0 Å². The summed E-state index contributed by atoms with van der Waals surface area (Å²) in [4.78, 5) is 15.8. The lowest BCUT2D eigenvalue weighted by atomic mass is 10.2. The van der Waals surface area contributed by atoms with Gasteiger partial charge in [0.1, 0.15) is 0 Å². The highest BCUT2D eigenvalue weighted by Gasteiger charge is 2.23. The van der Waals surface area contributed by atoms with E-state index in [0.29, 0.717) is 23.4 Å². The molecule has 1 aromatic heterocycles. The number of hydrogen-bond donors (Lipinski definition) is 0. The fourth-order valence-corrected chi connectivity index (χ4v) is 4.23. The zero-order valence-corrected chi connectivity index (χ0v) is 18.6. The Hall–Kier alpha value is -2.41. The number of carbonyl (C=O) groups excluding carboxylic acids is 1. The van der Waals surface area contributed by atoms with E-state index in [4.69, 9.17) is 0 Å². The molecule has 0 saturated heterocycles. The molecule has 0 aliphatic carbocycles. The van der Waals surface area contributed by atoms with Gasteiger partial charge in [0.15, 0.2) is 0 Å². The van der Waals surface area contributed by atoms with Crippen LogP contribution in [0, 0.1) is 0 Å². The number of nitrogens with zero attached hydrogens (tertiary/aromatic N) is 2. The van der Waals surface area contributed by atoms with Crippen molar-refractivity contribution in [2.24, 2.45) is 0 Å². The number of rotatable bonds is 10. The highest BCUT2D eigenvalue weighted by atomic mass is 32.2. The normalized spacial score (nSPS) is 10.6. The highest BCUT2D eigenvalue weighted by Crippen LogP contribution is 2.21. The number of methoxy groups -OCH3 is 1. The Balaban J connectivity index is 0.00000204. The summed E-state index contributed by atoms with van der Waals surface area (Å²) in [5, 5.41) is 0. The van der Waals surface area contributed by atoms with Crippen molar-refractivity contribution in [3.8, 4) is 0 Å². The van der Waals surface area contributed by atoms with Crippen LogP contribution in [0.3, 0.4) is 0 Å². The van der Waals surface area contributed by atoms with Gasteiger partial charge in [-0.1, -0.05) is 58.2 Å². The molecule has 29 heavy (non-hydrogen) atoms. The van der Waals surface area contributed by atoms with Crippen LogP contribution in [0.2, 0.25) is 0 Å². The molecule has 0 N–H and O–H groups in total. The Bertz CT molecular complexity index is 822. The van der Waals surface area contributed by atoms with Gasteiger partial charge in [-0.15, -0.1) is 0 Å². The van der Waals surface area contributed by atoms with Gasteiger partial charge in [0, 0.05) is 6.20 Å². The number of ether oxygens (including phenoxy) is 1. The van der Waals surface area contributed by atoms with E-state index in [1.165, 1.54) is 17.6 Å². The number of carbonyl (C=O) groups is 1. The molecule has 1 aromatic carbocycles. The first kappa shape index (κ1) is 24.6. The molecule has 0 spiro atoms. The van der Waals surface area contributed by atoms with Crippen LogP contribution in [0.25, 0.3) is 0 Å². The number of sulfonamides is 1. The summed E-state index contributed by atoms with van der Waals surface area (Å²) in [7, 11) is -2.18. The maximum Gasteiger partial charge on any atom is 0.339 e. The molecular formula is C22H32N2O4S. The maximum atomic E-state index is 12.9. The van der Waals surface area contributed by atoms with Gasteiger partial charge in [-0.25, -0.2) is 13.2 Å². The van der Waals surface area contributed by atoms with Crippen molar-refractivity contribution in [2.75, 3.05) is 17.2 Å². The third-order valence-electron chi connectivity index (χ3n) is 4.19. The predicted octanol–water partition coefficient (Wildman–Crippen LogP) is 4.81. The van der Waals surface area contributed by atoms with Crippen LogP contribution in [0.15, 0.2) is 48.7 Å². The van der Waals surface area contributed by atoms with Crippen molar-refractivity contribution in [3.63, 3.8) is 0 Å². The Morgan fingerprint density at radius 3 is 2.28 bits per heavy atom. The molecule has 7 heteroatoms. The number of para-hydroxylation sites is 1. The van der Waals surface area contributed by atoms with Crippen LogP contribution in [0.4, 0.5) is 5.69 Å². The van der Waals surface area contributed by atoms with Gasteiger partial charge >= 0.3 is 5.97 Å². The lowest BCUT2D eigenvalue weighted by molar-refractivity contribution is 0.0600. The molecule has 160 valence electrons. The van der Waals surface area contributed by atoms with E-state index in [-0.39, 0.29) is 12.3 Å². The molecule has 0 unspecified atom stereocenters. The Morgan fingerprint density at radius 2 is 1.72 bits per heavy atom. The quantitative estimate of drug-likeness (QED) is 0.407. The molecule has 6 nitrogen and oxygen atoms in total. The first-order chi connectivity index (χ1) is 14.0. The van der Waals surface area contributed by atoms with Gasteiger partial charge in [-0.05, 0) is 30.7 Å². The average Bonchev–Trinajstić information content (AvgIpc) is 2.77. The summed E-state index contributed by atoms with van der Waals surface area (Å²) in [6.45, 7) is 6.20. The highest BCUT2D eigenvalue weighted by molar-refractivity contribution is 7.92. The molecule has 2 aromatic rings. The molecule has 0 amide bonds. The van der Waals surface area contributed by atoms with Gasteiger partial charge in [0.05, 0.1) is 36.4 Å². The van der Waals surface area contributed by atoms with Gasteiger partial charge in [-0.2, -0.15) is 0 Å². The molecule has 0 radical (unpaired) electrons. The molecule has 0 fully saturated rings. The van der Waals surface area contributed by atoms with Crippen LogP contribution < -0.4 is 4.31 Å². The maximum absolute atomic E-state index is 12.9. The molecule has 0 atom stereocenters. The van der Waals surface area contributed by atoms with Crippen molar-refractivity contribution in [3.05, 3.63) is 59.9 Å². The van der Waals surface area contributed by atoms with Crippen LogP contribution in [0.1, 0.15) is 62.5 Å². The summed E-state index contributed by atoms with van der Waals surface area (Å²) < 4.78 is 31.9. The van der Waals surface area contributed by atoms with E-state index in [0.717, 1.165) is 19.3 Å². The van der Waals surface area contributed by atoms with E-state index >= 15 is 0 Å². The van der Waals surface area contributed by atoms with Crippen molar-refractivity contribution in [1.82, 2.24) is 4.98 Å². The van der Waals surface area contributed by atoms with Gasteiger partial charge in [0.25, 0.3) is 0 Å². The average molecular weight is 421 g/mol.